The minimum atomic E-state index is -0.992. The zero-order valence-electron chi connectivity index (χ0n) is 13.0. The lowest BCUT2D eigenvalue weighted by atomic mass is 9.96. The normalized spacial score (nSPS) is 29.0. The van der Waals surface area contributed by atoms with Crippen molar-refractivity contribution in [2.24, 2.45) is 0 Å². The summed E-state index contributed by atoms with van der Waals surface area (Å²) >= 11 is 3.00. The molecule has 2 heterocycles. The summed E-state index contributed by atoms with van der Waals surface area (Å²) in [6, 6.07) is -1.42. The highest BCUT2D eigenvalue weighted by atomic mass is 32.2. The zero-order valence-corrected chi connectivity index (χ0v) is 14.6. The molecule has 0 aromatic rings. The molecule has 22 heavy (non-hydrogen) atoms. The average molecular weight is 346 g/mol. The molecule has 0 unspecified atom stereocenters. The summed E-state index contributed by atoms with van der Waals surface area (Å²) in [4.78, 5) is 36.9. The number of amides is 2. The van der Waals surface area contributed by atoms with Gasteiger partial charge in [0.25, 0.3) is 0 Å². The maximum absolute atomic E-state index is 12.2. The first-order chi connectivity index (χ1) is 10.3. The Kier molecular flexibility index (Phi) is 5.32. The van der Waals surface area contributed by atoms with Crippen molar-refractivity contribution >= 4 is 41.3 Å². The second kappa shape index (κ2) is 6.70. The first-order valence-electron chi connectivity index (χ1n) is 7.39. The molecule has 8 heteroatoms. The van der Waals surface area contributed by atoms with E-state index in [1.165, 1.54) is 16.7 Å². The Morgan fingerprint density at radius 1 is 1.45 bits per heavy atom. The molecule has 6 nitrogen and oxygen atoms in total. The molecule has 0 radical (unpaired) electrons. The van der Waals surface area contributed by atoms with Crippen LogP contribution in [0.1, 0.15) is 33.6 Å². The number of nitrogens with one attached hydrogen (secondary N) is 1. The van der Waals surface area contributed by atoms with Crippen LogP contribution in [0.25, 0.3) is 0 Å². The number of carbonyl (C=O) groups is 3. The molecule has 2 fully saturated rings. The van der Waals surface area contributed by atoms with E-state index in [1.807, 2.05) is 13.8 Å². The van der Waals surface area contributed by atoms with Gasteiger partial charge >= 0.3 is 5.97 Å². The van der Waals surface area contributed by atoms with Crippen LogP contribution in [-0.4, -0.2) is 61.5 Å². The Morgan fingerprint density at radius 2 is 2.14 bits per heavy atom. The zero-order chi connectivity index (χ0) is 16.5. The topological polar surface area (TPSA) is 86.7 Å². The van der Waals surface area contributed by atoms with E-state index in [9.17, 15) is 19.5 Å². The molecule has 2 N–H and O–H groups in total. The van der Waals surface area contributed by atoms with E-state index in [2.05, 4.69) is 12.2 Å². The molecule has 2 aliphatic rings. The lowest BCUT2D eigenvalue weighted by Crippen LogP contribution is -2.70. The number of rotatable bonds is 7. The highest BCUT2D eigenvalue weighted by molar-refractivity contribution is 8.01. The molecule has 0 saturated carbocycles. The summed E-state index contributed by atoms with van der Waals surface area (Å²) in [6.07, 6.45) is 2.16. The van der Waals surface area contributed by atoms with E-state index in [1.54, 1.807) is 11.8 Å². The predicted molar refractivity (Wildman–Crippen MR) is 87.9 cm³/mol. The Bertz CT molecular complexity index is 483. The van der Waals surface area contributed by atoms with Crippen LogP contribution in [0.15, 0.2) is 0 Å². The summed E-state index contributed by atoms with van der Waals surface area (Å²) < 4.78 is -0.554. The van der Waals surface area contributed by atoms with Gasteiger partial charge in [0.05, 0.1) is 5.75 Å². The number of aliphatic carboxylic acids is 1. The van der Waals surface area contributed by atoms with Crippen molar-refractivity contribution in [3.05, 3.63) is 0 Å². The van der Waals surface area contributed by atoms with E-state index < -0.39 is 22.8 Å². The van der Waals surface area contributed by atoms with E-state index in [-0.39, 0.29) is 17.2 Å². The van der Waals surface area contributed by atoms with Gasteiger partial charge in [-0.3, -0.25) is 9.59 Å². The quantitative estimate of drug-likeness (QED) is 0.531. The fraction of sp³-hybridized carbons (Fsp3) is 0.786. The molecule has 124 valence electrons. The van der Waals surface area contributed by atoms with E-state index >= 15 is 0 Å². The van der Waals surface area contributed by atoms with Gasteiger partial charge in [0, 0.05) is 4.75 Å². The van der Waals surface area contributed by atoms with Gasteiger partial charge in [-0.05, 0) is 26.0 Å². The van der Waals surface area contributed by atoms with Crippen molar-refractivity contribution in [3.8, 4) is 0 Å². The fourth-order valence-corrected chi connectivity index (χ4v) is 5.30. The van der Waals surface area contributed by atoms with E-state index in [0.717, 1.165) is 18.6 Å². The Hall–Kier alpha value is -0.890. The fourth-order valence-electron chi connectivity index (χ4n) is 2.77. The highest BCUT2D eigenvalue weighted by Crippen LogP contribution is 2.50. The molecule has 2 amide bonds. The number of hydrogen-bond donors (Lipinski definition) is 2. The maximum atomic E-state index is 12.2. The summed E-state index contributed by atoms with van der Waals surface area (Å²) in [5, 5.41) is 11.8. The SMILES string of the molecule is CCCCSCC(=O)N[C@@H]1C(=O)N2[C@@H]1SC(C)(C)[C@@H]2C(=O)O. The van der Waals surface area contributed by atoms with Crippen LogP contribution >= 0.6 is 23.5 Å². The van der Waals surface area contributed by atoms with Crippen molar-refractivity contribution in [2.45, 2.75) is 55.8 Å². The minimum Gasteiger partial charge on any atom is -0.480 e. The van der Waals surface area contributed by atoms with Gasteiger partial charge in [-0.2, -0.15) is 11.8 Å². The number of carboxylic acids is 1. The molecule has 2 aliphatic heterocycles. The van der Waals surface area contributed by atoms with Crippen molar-refractivity contribution in [1.82, 2.24) is 10.2 Å². The van der Waals surface area contributed by atoms with Gasteiger partial charge in [0.15, 0.2) is 0 Å². The maximum Gasteiger partial charge on any atom is 0.327 e. The first kappa shape index (κ1) is 17.5. The third-order valence-corrected chi connectivity index (χ3v) is 6.48. The number of thioether (sulfide) groups is 2. The van der Waals surface area contributed by atoms with Crippen LogP contribution in [0, 0.1) is 0 Å². The van der Waals surface area contributed by atoms with Crippen molar-refractivity contribution in [3.63, 3.8) is 0 Å². The molecule has 0 aliphatic carbocycles. The molecule has 3 atom stereocenters. The van der Waals surface area contributed by atoms with Gasteiger partial charge in [0.2, 0.25) is 11.8 Å². The molecule has 0 spiro atoms. The van der Waals surface area contributed by atoms with Crippen LogP contribution in [0.3, 0.4) is 0 Å². The van der Waals surface area contributed by atoms with Crippen LogP contribution in [-0.2, 0) is 14.4 Å². The molecular weight excluding hydrogens is 324 g/mol. The number of β-lactam (4-membered cyclic amide) rings is 1. The number of hydrogen-bond acceptors (Lipinski definition) is 5. The number of nitrogens with zero attached hydrogens (tertiary/aromatic N) is 1. The first-order valence-corrected chi connectivity index (χ1v) is 9.43. The summed E-state index contributed by atoms with van der Waals surface area (Å²) in [5.41, 5.74) is 0. The highest BCUT2D eigenvalue weighted by Gasteiger charge is 2.64. The van der Waals surface area contributed by atoms with E-state index in [0.29, 0.717) is 5.75 Å². The number of unbranched alkanes of at least 4 members (excludes halogenated alkanes) is 1. The van der Waals surface area contributed by atoms with Gasteiger partial charge in [-0.25, -0.2) is 4.79 Å². The number of carbonyl (C=O) groups excluding carboxylic acids is 2. The smallest absolute Gasteiger partial charge is 0.327 e. The van der Waals surface area contributed by atoms with Crippen LogP contribution in [0.4, 0.5) is 0 Å². The Morgan fingerprint density at radius 3 is 2.73 bits per heavy atom. The van der Waals surface area contributed by atoms with Gasteiger partial charge < -0.3 is 15.3 Å². The third kappa shape index (κ3) is 3.22. The minimum absolute atomic E-state index is 0.156. The molecule has 0 bridgehead atoms. The lowest BCUT2D eigenvalue weighted by Gasteiger charge is -2.43. The number of carboxylic acid groups (broad SMARTS) is 1. The molecule has 2 saturated heterocycles. The van der Waals surface area contributed by atoms with Crippen molar-refractivity contribution in [1.29, 1.82) is 0 Å². The van der Waals surface area contributed by atoms with Crippen molar-refractivity contribution in [2.75, 3.05) is 11.5 Å². The Balaban J connectivity index is 1.90. The van der Waals surface area contributed by atoms with Crippen molar-refractivity contribution < 1.29 is 19.5 Å². The molecule has 0 aromatic carbocycles. The molecular formula is C14H22N2O4S2. The molecule has 0 aromatic heterocycles. The second-order valence-electron chi connectivity index (χ2n) is 6.05. The van der Waals surface area contributed by atoms with Crippen LogP contribution < -0.4 is 5.32 Å². The van der Waals surface area contributed by atoms with Gasteiger partial charge in [0.1, 0.15) is 17.5 Å². The molecule has 2 rings (SSSR count). The summed E-state index contributed by atoms with van der Waals surface area (Å²) in [6.45, 7) is 5.74. The van der Waals surface area contributed by atoms with Gasteiger partial charge in [-0.15, -0.1) is 11.8 Å². The summed E-state index contributed by atoms with van der Waals surface area (Å²) in [5.74, 6) is -0.166. The standard InChI is InChI=1S/C14H22N2O4S2/c1-4-5-6-21-7-8(17)15-9-11(18)16-10(13(19)20)14(2,3)22-12(9)16/h9-10,12H,4-7H2,1-3H3,(H,15,17)(H,19,20)/t9-,10+,12-/m1/s1. The number of fused-ring (bicyclic) bond motifs is 1. The van der Waals surface area contributed by atoms with Gasteiger partial charge in [-0.1, -0.05) is 13.3 Å². The van der Waals surface area contributed by atoms with Crippen LogP contribution in [0.2, 0.25) is 0 Å². The average Bonchev–Trinajstić information content (AvgIpc) is 2.69. The largest absolute Gasteiger partial charge is 0.480 e. The monoisotopic (exact) mass is 346 g/mol. The lowest BCUT2D eigenvalue weighted by molar-refractivity contribution is -0.160. The van der Waals surface area contributed by atoms with E-state index in [4.69, 9.17) is 0 Å². The predicted octanol–water partition coefficient (Wildman–Crippen LogP) is 1.15. The third-order valence-electron chi connectivity index (χ3n) is 3.87. The summed E-state index contributed by atoms with van der Waals surface area (Å²) in [7, 11) is 0. The van der Waals surface area contributed by atoms with Crippen LogP contribution in [0.5, 0.6) is 0 Å². The Labute approximate surface area is 138 Å². The second-order valence-corrected chi connectivity index (χ2v) is 8.93.